The highest BCUT2D eigenvalue weighted by Gasteiger charge is 2.17. The van der Waals surface area contributed by atoms with Crippen molar-refractivity contribution in [2.24, 2.45) is 9.98 Å². The molecule has 0 aromatic heterocycles. The van der Waals surface area contributed by atoms with Crippen molar-refractivity contribution in [1.82, 2.24) is 0 Å². The second-order valence-electron chi connectivity index (χ2n) is 3.94. The fourth-order valence-corrected chi connectivity index (χ4v) is 2.69. The molecule has 1 aromatic rings. The lowest BCUT2D eigenvalue weighted by Gasteiger charge is -1.99. The van der Waals surface area contributed by atoms with Crippen molar-refractivity contribution in [3.05, 3.63) is 28.2 Å². The molecule has 20 heavy (non-hydrogen) atoms. The van der Waals surface area contributed by atoms with E-state index in [1.807, 2.05) is 0 Å². The van der Waals surface area contributed by atoms with E-state index < -0.39 is 0 Å². The quantitative estimate of drug-likeness (QED) is 0.780. The summed E-state index contributed by atoms with van der Waals surface area (Å²) in [4.78, 5) is 20.0. The molecule has 1 aliphatic rings. The predicted octanol–water partition coefficient (Wildman–Crippen LogP) is 4.12. The Balaban J connectivity index is 2.11. The Labute approximate surface area is 131 Å². The van der Waals surface area contributed by atoms with E-state index in [0.29, 0.717) is 33.3 Å². The van der Waals surface area contributed by atoms with E-state index in [0.717, 1.165) is 5.71 Å². The Kier molecular flexibility index (Phi) is 5.46. The number of ether oxygens (including phenoxy) is 1. The Morgan fingerprint density at radius 1 is 1.50 bits per heavy atom. The van der Waals surface area contributed by atoms with E-state index in [9.17, 15) is 4.79 Å². The summed E-state index contributed by atoms with van der Waals surface area (Å²) >= 11 is 13.4. The van der Waals surface area contributed by atoms with Crippen LogP contribution >= 0.6 is 35.0 Å². The first-order valence-electron chi connectivity index (χ1n) is 5.97. The third-order valence-electron chi connectivity index (χ3n) is 2.40. The molecule has 0 spiro atoms. The molecule has 106 valence electrons. The molecule has 0 saturated heterocycles. The molecule has 0 radical (unpaired) electrons. The first-order valence-corrected chi connectivity index (χ1v) is 7.71. The highest BCUT2D eigenvalue weighted by Crippen LogP contribution is 2.30. The number of carbonyl (C=O) groups excluding carboxylic acids is 1. The van der Waals surface area contributed by atoms with E-state index >= 15 is 0 Å². The van der Waals surface area contributed by atoms with Crippen LogP contribution in [0.3, 0.4) is 0 Å². The summed E-state index contributed by atoms with van der Waals surface area (Å²) < 4.78 is 4.88. The summed E-state index contributed by atoms with van der Waals surface area (Å²) in [5.74, 6) is 0.365. The van der Waals surface area contributed by atoms with Gasteiger partial charge in [0.25, 0.3) is 0 Å². The average Bonchev–Trinajstić information content (AvgIpc) is 2.81. The molecule has 0 saturated carbocycles. The number of benzene rings is 1. The maximum Gasteiger partial charge on any atom is 0.311 e. The zero-order chi connectivity index (χ0) is 14.5. The van der Waals surface area contributed by atoms with Gasteiger partial charge in [0.1, 0.15) is 0 Å². The first kappa shape index (κ1) is 15.4. The van der Waals surface area contributed by atoms with Crippen molar-refractivity contribution >= 4 is 57.5 Å². The van der Waals surface area contributed by atoms with Crippen molar-refractivity contribution in [3.63, 3.8) is 0 Å². The fraction of sp³-hybridized carbons (Fsp3) is 0.308. The van der Waals surface area contributed by atoms with Gasteiger partial charge in [-0.1, -0.05) is 35.0 Å². The van der Waals surface area contributed by atoms with Crippen molar-refractivity contribution in [1.29, 1.82) is 0 Å². The zero-order valence-electron chi connectivity index (χ0n) is 10.7. The molecule has 0 atom stereocenters. The Morgan fingerprint density at radius 2 is 2.30 bits per heavy atom. The van der Waals surface area contributed by atoms with E-state index in [1.54, 1.807) is 25.1 Å². The molecule has 7 heteroatoms. The second-order valence-corrected chi connectivity index (χ2v) is 5.72. The third-order valence-corrected chi connectivity index (χ3v) is 3.87. The highest BCUT2D eigenvalue weighted by molar-refractivity contribution is 8.15. The van der Waals surface area contributed by atoms with Crippen molar-refractivity contribution in [2.75, 3.05) is 12.4 Å². The van der Waals surface area contributed by atoms with Crippen LogP contribution in [0.2, 0.25) is 10.0 Å². The Morgan fingerprint density at radius 3 is 3.05 bits per heavy atom. The van der Waals surface area contributed by atoms with Crippen LogP contribution < -0.4 is 0 Å². The summed E-state index contributed by atoms with van der Waals surface area (Å²) in [6, 6.07) is 5.06. The number of rotatable bonds is 4. The van der Waals surface area contributed by atoms with Gasteiger partial charge in [0.2, 0.25) is 0 Å². The lowest BCUT2D eigenvalue weighted by Crippen LogP contribution is -2.11. The summed E-state index contributed by atoms with van der Waals surface area (Å²) in [6.07, 6.45) is 0.198. The summed E-state index contributed by atoms with van der Waals surface area (Å²) in [5.41, 5.74) is 1.33. The number of esters is 1. The standard InChI is InChI=1S/C13H12Cl2N2O2S/c1-2-19-12(18)6-9-7-20-13(16-9)17-11-5-8(14)3-4-10(11)15/h3-5H,2,6-7H2,1H3. The van der Waals surface area contributed by atoms with Gasteiger partial charge in [0.05, 0.1) is 23.7 Å². The largest absolute Gasteiger partial charge is 0.466 e. The van der Waals surface area contributed by atoms with Crippen LogP contribution in [0.15, 0.2) is 28.2 Å². The van der Waals surface area contributed by atoms with Crippen LogP contribution in [0, 0.1) is 0 Å². The topological polar surface area (TPSA) is 51.0 Å². The summed E-state index contributed by atoms with van der Waals surface area (Å²) in [6.45, 7) is 2.15. The maximum absolute atomic E-state index is 11.4. The van der Waals surface area contributed by atoms with Crippen molar-refractivity contribution in [2.45, 2.75) is 13.3 Å². The number of aliphatic imine (C=N–C) groups is 2. The van der Waals surface area contributed by atoms with Gasteiger partial charge in [-0.25, -0.2) is 9.98 Å². The van der Waals surface area contributed by atoms with Crippen LogP contribution in [-0.4, -0.2) is 29.2 Å². The molecule has 0 aliphatic carbocycles. The SMILES string of the molecule is CCOC(=O)CC1=NC(=Nc2cc(Cl)ccc2Cl)SC1. The van der Waals surface area contributed by atoms with Crippen LogP contribution in [0.4, 0.5) is 5.69 Å². The minimum absolute atomic E-state index is 0.198. The Bertz CT molecular complexity index is 588. The van der Waals surface area contributed by atoms with E-state index in [2.05, 4.69) is 9.98 Å². The predicted molar refractivity (Wildman–Crippen MR) is 84.7 cm³/mol. The normalized spacial score (nSPS) is 16.4. The molecule has 1 heterocycles. The number of carbonyl (C=O) groups is 1. The molecule has 2 rings (SSSR count). The third kappa shape index (κ3) is 4.23. The van der Waals surface area contributed by atoms with Gasteiger partial charge in [0.15, 0.2) is 5.17 Å². The number of thioether (sulfide) groups is 1. The van der Waals surface area contributed by atoms with E-state index in [-0.39, 0.29) is 12.4 Å². The Hall–Kier alpha value is -1.04. The number of amidine groups is 1. The van der Waals surface area contributed by atoms with E-state index in [4.69, 9.17) is 27.9 Å². The summed E-state index contributed by atoms with van der Waals surface area (Å²) in [5, 5.41) is 1.65. The van der Waals surface area contributed by atoms with Gasteiger partial charge < -0.3 is 4.74 Å². The van der Waals surface area contributed by atoms with Crippen molar-refractivity contribution in [3.8, 4) is 0 Å². The molecule has 1 aliphatic heterocycles. The maximum atomic E-state index is 11.4. The average molecular weight is 331 g/mol. The number of halogens is 2. The molecule has 0 bridgehead atoms. The molecule has 0 amide bonds. The van der Waals surface area contributed by atoms with Crippen LogP contribution in [0.25, 0.3) is 0 Å². The zero-order valence-corrected chi connectivity index (χ0v) is 13.1. The molecular formula is C13H12Cl2N2O2S. The number of nitrogens with zero attached hydrogens (tertiary/aromatic N) is 2. The molecule has 0 N–H and O–H groups in total. The smallest absolute Gasteiger partial charge is 0.311 e. The van der Waals surface area contributed by atoms with Gasteiger partial charge >= 0.3 is 5.97 Å². The van der Waals surface area contributed by atoms with Gasteiger partial charge in [0, 0.05) is 16.5 Å². The molecule has 0 unspecified atom stereocenters. The van der Waals surface area contributed by atoms with Gasteiger partial charge in [-0.05, 0) is 25.1 Å². The minimum atomic E-state index is -0.270. The van der Waals surface area contributed by atoms with Crippen molar-refractivity contribution < 1.29 is 9.53 Å². The fourth-order valence-electron chi connectivity index (χ4n) is 1.55. The highest BCUT2D eigenvalue weighted by atomic mass is 35.5. The summed E-state index contributed by atoms with van der Waals surface area (Å²) in [7, 11) is 0. The first-order chi connectivity index (χ1) is 9.58. The second kappa shape index (κ2) is 7.11. The molecule has 4 nitrogen and oxygen atoms in total. The van der Waals surface area contributed by atoms with Gasteiger partial charge in [-0.3, -0.25) is 4.79 Å². The minimum Gasteiger partial charge on any atom is -0.466 e. The number of hydrogen-bond acceptors (Lipinski definition) is 4. The number of hydrogen-bond donors (Lipinski definition) is 0. The lowest BCUT2D eigenvalue weighted by molar-refractivity contribution is -0.141. The van der Waals surface area contributed by atoms with E-state index in [1.165, 1.54) is 11.8 Å². The molecular weight excluding hydrogens is 319 g/mol. The van der Waals surface area contributed by atoms with Crippen LogP contribution in [0.1, 0.15) is 13.3 Å². The van der Waals surface area contributed by atoms with Gasteiger partial charge in [-0.15, -0.1) is 0 Å². The lowest BCUT2D eigenvalue weighted by atomic mass is 10.3. The molecule has 0 fully saturated rings. The monoisotopic (exact) mass is 330 g/mol. The van der Waals surface area contributed by atoms with Crippen LogP contribution in [0.5, 0.6) is 0 Å². The van der Waals surface area contributed by atoms with Crippen LogP contribution in [-0.2, 0) is 9.53 Å². The molecule has 1 aromatic carbocycles. The van der Waals surface area contributed by atoms with Gasteiger partial charge in [-0.2, -0.15) is 0 Å².